The van der Waals surface area contributed by atoms with Gasteiger partial charge in [-0.1, -0.05) is 45.7 Å². The van der Waals surface area contributed by atoms with Gasteiger partial charge in [-0.15, -0.1) is 0 Å². The van der Waals surface area contributed by atoms with Crippen LogP contribution in [0.1, 0.15) is 21.7 Å². The summed E-state index contributed by atoms with van der Waals surface area (Å²) >= 11 is 9.67. The first-order valence-electron chi connectivity index (χ1n) is 9.24. The molecule has 0 aliphatic carbocycles. The van der Waals surface area contributed by atoms with E-state index in [2.05, 4.69) is 26.3 Å². The van der Waals surface area contributed by atoms with Crippen molar-refractivity contribution >= 4 is 56.5 Å². The summed E-state index contributed by atoms with van der Waals surface area (Å²) in [7, 11) is 0. The zero-order valence-electron chi connectivity index (χ0n) is 16.0. The van der Waals surface area contributed by atoms with Crippen LogP contribution in [0.2, 0.25) is 5.02 Å². The molecule has 3 aromatic carbocycles. The van der Waals surface area contributed by atoms with Crippen LogP contribution in [0.3, 0.4) is 0 Å². The number of amides is 1. The first kappa shape index (κ1) is 21.0. The predicted octanol–water partition coefficient (Wildman–Crippen LogP) is 4.58. The van der Waals surface area contributed by atoms with Gasteiger partial charge >= 0.3 is 0 Å². The summed E-state index contributed by atoms with van der Waals surface area (Å²) in [5.74, 6) is 5.20. The molecule has 0 fully saturated rings. The summed E-state index contributed by atoms with van der Waals surface area (Å²) in [6.45, 7) is 0. The van der Waals surface area contributed by atoms with Crippen LogP contribution >= 0.6 is 27.5 Å². The van der Waals surface area contributed by atoms with E-state index >= 15 is 0 Å². The third kappa shape index (κ3) is 4.29. The molecule has 0 saturated carbocycles. The number of benzene rings is 3. The average Bonchev–Trinajstić information content (AvgIpc) is 2.79. The van der Waals surface area contributed by atoms with Crippen molar-refractivity contribution < 1.29 is 4.79 Å². The molecule has 0 aliphatic rings. The molecule has 31 heavy (non-hydrogen) atoms. The van der Waals surface area contributed by atoms with Crippen molar-refractivity contribution in [2.45, 2.75) is 0 Å². The van der Waals surface area contributed by atoms with Gasteiger partial charge < -0.3 is 0 Å². The number of hydrogen-bond donors (Lipinski definition) is 2. The van der Waals surface area contributed by atoms with E-state index in [0.29, 0.717) is 33.0 Å². The second kappa shape index (κ2) is 8.85. The van der Waals surface area contributed by atoms with Crippen molar-refractivity contribution in [1.29, 1.82) is 0 Å². The minimum atomic E-state index is -0.418. The lowest BCUT2D eigenvalue weighted by Crippen LogP contribution is -2.30. The van der Waals surface area contributed by atoms with E-state index in [0.717, 1.165) is 10.0 Å². The number of fused-ring (bicyclic) bond motifs is 1. The average molecular weight is 496 g/mol. The molecule has 6 nitrogen and oxygen atoms in total. The van der Waals surface area contributed by atoms with E-state index in [1.807, 2.05) is 30.3 Å². The van der Waals surface area contributed by atoms with E-state index in [4.69, 9.17) is 17.4 Å². The molecule has 0 radical (unpaired) electrons. The van der Waals surface area contributed by atoms with Gasteiger partial charge in [-0.05, 0) is 66.2 Å². The number of nitrogens with one attached hydrogen (secondary N) is 1. The van der Waals surface area contributed by atoms with Crippen LogP contribution in [0.15, 0.2) is 76.0 Å². The predicted molar refractivity (Wildman–Crippen MR) is 127 cm³/mol. The maximum absolute atomic E-state index is 13.4. The second-order valence-corrected chi connectivity index (χ2v) is 7.97. The molecular formula is C23H16BrClN4O2. The van der Waals surface area contributed by atoms with Crippen LogP contribution in [0.5, 0.6) is 0 Å². The lowest BCUT2D eigenvalue weighted by Gasteiger charge is -2.12. The van der Waals surface area contributed by atoms with Crippen molar-refractivity contribution in [2.75, 3.05) is 0 Å². The Morgan fingerprint density at radius 2 is 1.81 bits per heavy atom. The van der Waals surface area contributed by atoms with Gasteiger partial charge in [0.1, 0.15) is 5.82 Å². The number of nitrogen functional groups attached to an aromatic ring is 1. The number of halogens is 2. The highest BCUT2D eigenvalue weighted by Crippen LogP contribution is 2.21. The summed E-state index contributed by atoms with van der Waals surface area (Å²) in [5, 5.41) is 1.06. The molecule has 8 heteroatoms. The summed E-state index contributed by atoms with van der Waals surface area (Å²) in [6, 6.07) is 19.3. The summed E-state index contributed by atoms with van der Waals surface area (Å²) in [5.41, 5.74) is 4.17. The summed E-state index contributed by atoms with van der Waals surface area (Å²) < 4.78 is 2.27. The SMILES string of the molecule is NNC(=O)c1ccc(-n2c(/C=C/c3ccccc3Cl)nc3ccc(Br)cc3c2=O)cc1. The zero-order chi connectivity index (χ0) is 22.0. The fourth-order valence-electron chi connectivity index (χ4n) is 3.16. The lowest BCUT2D eigenvalue weighted by molar-refractivity contribution is 0.0953. The van der Waals surface area contributed by atoms with E-state index in [-0.39, 0.29) is 5.56 Å². The first-order valence-corrected chi connectivity index (χ1v) is 10.4. The number of carbonyl (C=O) groups excluding carboxylic acids is 1. The first-order chi connectivity index (χ1) is 15.0. The lowest BCUT2D eigenvalue weighted by atomic mass is 10.1. The molecule has 0 spiro atoms. The molecule has 0 bridgehead atoms. The Balaban J connectivity index is 1.92. The van der Waals surface area contributed by atoms with Gasteiger partial charge in [0.2, 0.25) is 0 Å². The fourth-order valence-corrected chi connectivity index (χ4v) is 3.72. The number of rotatable bonds is 4. The Morgan fingerprint density at radius 3 is 2.52 bits per heavy atom. The smallest absolute Gasteiger partial charge is 0.266 e. The normalized spacial score (nSPS) is 11.2. The van der Waals surface area contributed by atoms with Gasteiger partial charge in [-0.25, -0.2) is 10.8 Å². The van der Waals surface area contributed by atoms with Crippen molar-refractivity contribution in [3.05, 3.63) is 104 Å². The molecule has 0 unspecified atom stereocenters. The Labute approximate surface area is 191 Å². The Morgan fingerprint density at radius 1 is 1.06 bits per heavy atom. The van der Waals surface area contributed by atoms with E-state index in [9.17, 15) is 9.59 Å². The van der Waals surface area contributed by atoms with Gasteiger partial charge in [0.05, 0.1) is 16.6 Å². The largest absolute Gasteiger partial charge is 0.290 e. The van der Waals surface area contributed by atoms with Crippen LogP contribution in [0.25, 0.3) is 28.7 Å². The molecule has 1 heterocycles. The number of aromatic nitrogens is 2. The minimum Gasteiger partial charge on any atom is -0.290 e. The quantitative estimate of drug-likeness (QED) is 0.246. The minimum absolute atomic E-state index is 0.235. The number of hydrazine groups is 1. The molecule has 1 amide bonds. The third-order valence-electron chi connectivity index (χ3n) is 4.69. The Hall–Kier alpha value is -3.26. The van der Waals surface area contributed by atoms with E-state index in [1.165, 1.54) is 4.57 Å². The Bertz CT molecular complexity index is 1380. The van der Waals surface area contributed by atoms with Crippen molar-refractivity contribution in [3.8, 4) is 5.69 Å². The maximum atomic E-state index is 13.4. The van der Waals surface area contributed by atoms with Crippen LogP contribution in [-0.4, -0.2) is 15.5 Å². The molecule has 0 atom stereocenters. The molecule has 4 rings (SSSR count). The highest BCUT2D eigenvalue weighted by Gasteiger charge is 2.13. The van der Waals surface area contributed by atoms with Gasteiger partial charge in [0, 0.05) is 15.1 Å². The van der Waals surface area contributed by atoms with Crippen molar-refractivity contribution in [2.24, 2.45) is 5.84 Å². The number of hydrogen-bond acceptors (Lipinski definition) is 4. The van der Waals surface area contributed by atoms with Gasteiger partial charge in [0.15, 0.2) is 0 Å². The highest BCUT2D eigenvalue weighted by atomic mass is 79.9. The van der Waals surface area contributed by atoms with Gasteiger partial charge in [-0.2, -0.15) is 0 Å². The molecule has 0 saturated heterocycles. The van der Waals surface area contributed by atoms with Gasteiger partial charge in [0.25, 0.3) is 11.5 Å². The topological polar surface area (TPSA) is 90.0 Å². The molecule has 0 aliphatic heterocycles. The van der Waals surface area contributed by atoms with Crippen molar-refractivity contribution in [1.82, 2.24) is 15.0 Å². The molecular weight excluding hydrogens is 480 g/mol. The molecule has 154 valence electrons. The number of nitrogens with two attached hydrogens (primary N) is 1. The zero-order valence-corrected chi connectivity index (χ0v) is 18.4. The second-order valence-electron chi connectivity index (χ2n) is 6.65. The highest BCUT2D eigenvalue weighted by molar-refractivity contribution is 9.10. The van der Waals surface area contributed by atoms with E-state index < -0.39 is 5.91 Å². The van der Waals surface area contributed by atoms with Crippen LogP contribution < -0.4 is 16.8 Å². The molecule has 1 aromatic heterocycles. The monoisotopic (exact) mass is 494 g/mol. The summed E-state index contributed by atoms with van der Waals surface area (Å²) in [6.07, 6.45) is 3.55. The van der Waals surface area contributed by atoms with Crippen LogP contribution in [0.4, 0.5) is 0 Å². The third-order valence-corrected chi connectivity index (χ3v) is 5.53. The number of nitrogens with zero attached hydrogens (tertiary/aromatic N) is 2. The molecule has 4 aromatic rings. The fraction of sp³-hybridized carbons (Fsp3) is 0. The molecule has 3 N–H and O–H groups in total. The van der Waals surface area contributed by atoms with E-state index in [1.54, 1.807) is 48.5 Å². The maximum Gasteiger partial charge on any atom is 0.266 e. The van der Waals surface area contributed by atoms with Crippen molar-refractivity contribution in [3.63, 3.8) is 0 Å². The van der Waals surface area contributed by atoms with Crippen LogP contribution in [0, 0.1) is 0 Å². The summed E-state index contributed by atoms with van der Waals surface area (Å²) in [4.78, 5) is 29.8. The standard InChI is InChI=1S/C23H16BrClN4O2/c24-16-8-11-20-18(13-16)23(31)29(17-9-5-15(6-10-17)22(30)28-26)21(27-20)12-7-14-3-1-2-4-19(14)25/h1-13H,26H2,(H,28,30)/b12-7+. The van der Waals surface area contributed by atoms with Crippen LogP contribution in [-0.2, 0) is 0 Å². The van der Waals surface area contributed by atoms with Gasteiger partial charge in [-0.3, -0.25) is 19.6 Å². The Kier molecular flexibility index (Phi) is 5.99. The number of carbonyl (C=O) groups is 1.